The van der Waals surface area contributed by atoms with E-state index in [-0.39, 0.29) is 11.9 Å². The summed E-state index contributed by atoms with van der Waals surface area (Å²) >= 11 is 0. The van der Waals surface area contributed by atoms with Gasteiger partial charge in [-0.15, -0.1) is 0 Å². The molecule has 0 fully saturated rings. The van der Waals surface area contributed by atoms with Crippen LogP contribution in [0.3, 0.4) is 0 Å². The van der Waals surface area contributed by atoms with Gasteiger partial charge in [-0.2, -0.15) is 0 Å². The lowest BCUT2D eigenvalue weighted by atomic mass is 10.1. The summed E-state index contributed by atoms with van der Waals surface area (Å²) in [6.45, 7) is 7.86. The van der Waals surface area contributed by atoms with E-state index in [0.29, 0.717) is 17.3 Å². The number of amides is 1. The maximum absolute atomic E-state index is 12.7. The lowest BCUT2D eigenvalue weighted by Crippen LogP contribution is -2.27. The molecule has 0 saturated heterocycles. The van der Waals surface area contributed by atoms with Gasteiger partial charge in [-0.3, -0.25) is 4.79 Å². The van der Waals surface area contributed by atoms with E-state index >= 15 is 0 Å². The van der Waals surface area contributed by atoms with Crippen LogP contribution < -0.4 is 10.6 Å². The Labute approximate surface area is 159 Å². The molecule has 1 unspecified atom stereocenters. The van der Waals surface area contributed by atoms with Crippen molar-refractivity contribution in [3.05, 3.63) is 82.8 Å². The molecular formula is C22H24N4O. The topological polar surface area (TPSA) is 66.9 Å². The molecule has 0 saturated carbocycles. The molecule has 27 heavy (non-hydrogen) atoms. The van der Waals surface area contributed by atoms with Gasteiger partial charge in [0.2, 0.25) is 0 Å². The highest BCUT2D eigenvalue weighted by atomic mass is 16.1. The predicted molar refractivity (Wildman–Crippen MR) is 108 cm³/mol. The average molecular weight is 360 g/mol. The summed E-state index contributed by atoms with van der Waals surface area (Å²) in [5, 5.41) is 6.30. The molecule has 3 aromatic rings. The van der Waals surface area contributed by atoms with Crippen molar-refractivity contribution >= 4 is 17.4 Å². The minimum Gasteiger partial charge on any atom is -0.344 e. The molecule has 0 aliphatic carbocycles. The first kappa shape index (κ1) is 18.6. The van der Waals surface area contributed by atoms with Crippen LogP contribution in [-0.2, 0) is 0 Å². The molecular weight excluding hydrogens is 336 g/mol. The van der Waals surface area contributed by atoms with E-state index in [1.807, 2.05) is 49.4 Å². The third-order valence-electron chi connectivity index (χ3n) is 4.59. The summed E-state index contributed by atoms with van der Waals surface area (Å²) in [4.78, 5) is 21.4. The highest BCUT2D eigenvalue weighted by Gasteiger charge is 2.15. The van der Waals surface area contributed by atoms with Gasteiger partial charge in [-0.05, 0) is 50.5 Å². The van der Waals surface area contributed by atoms with Gasteiger partial charge in [-0.1, -0.05) is 42.5 Å². The van der Waals surface area contributed by atoms with Crippen molar-refractivity contribution in [3.8, 4) is 0 Å². The summed E-state index contributed by atoms with van der Waals surface area (Å²) < 4.78 is 0. The van der Waals surface area contributed by atoms with Crippen molar-refractivity contribution in [3.63, 3.8) is 0 Å². The molecule has 5 heteroatoms. The number of nitrogens with zero attached hydrogens (tertiary/aromatic N) is 2. The molecule has 1 atom stereocenters. The Hall–Kier alpha value is -3.21. The minimum absolute atomic E-state index is 0.107. The van der Waals surface area contributed by atoms with E-state index < -0.39 is 0 Å². The molecule has 1 aromatic heterocycles. The molecule has 138 valence electrons. The van der Waals surface area contributed by atoms with Crippen molar-refractivity contribution < 1.29 is 4.79 Å². The lowest BCUT2D eigenvalue weighted by molar-refractivity contribution is 0.0934. The van der Waals surface area contributed by atoms with Gasteiger partial charge < -0.3 is 10.6 Å². The minimum atomic E-state index is -0.221. The van der Waals surface area contributed by atoms with Crippen molar-refractivity contribution in [1.29, 1.82) is 0 Å². The standard InChI is InChI=1S/C22H24N4O/c1-14-9-8-12-19(15(14)2)26-21-13-20(24-17(4)25-21)22(27)23-16(3)18-10-6-5-7-11-18/h5-13,16H,1-4H3,(H,23,27)(H,24,25,26). The second-order valence-corrected chi connectivity index (χ2v) is 6.66. The molecule has 0 radical (unpaired) electrons. The van der Waals surface area contributed by atoms with Crippen LogP contribution in [0, 0.1) is 20.8 Å². The van der Waals surface area contributed by atoms with Gasteiger partial charge in [0, 0.05) is 11.8 Å². The molecule has 0 aliphatic rings. The fourth-order valence-electron chi connectivity index (χ4n) is 2.87. The van der Waals surface area contributed by atoms with E-state index in [1.54, 1.807) is 13.0 Å². The normalized spacial score (nSPS) is 11.7. The van der Waals surface area contributed by atoms with Crippen LogP contribution in [0.2, 0.25) is 0 Å². The Morgan fingerprint density at radius 3 is 2.44 bits per heavy atom. The Morgan fingerprint density at radius 2 is 1.70 bits per heavy atom. The molecule has 2 N–H and O–H groups in total. The molecule has 2 aromatic carbocycles. The molecule has 0 aliphatic heterocycles. The van der Waals surface area contributed by atoms with Crippen LogP contribution in [0.1, 0.15) is 46.0 Å². The van der Waals surface area contributed by atoms with Gasteiger partial charge in [-0.25, -0.2) is 9.97 Å². The number of aryl methyl sites for hydroxylation is 2. The van der Waals surface area contributed by atoms with Crippen molar-refractivity contribution in [1.82, 2.24) is 15.3 Å². The van der Waals surface area contributed by atoms with Gasteiger partial charge in [0.15, 0.2) is 0 Å². The van der Waals surface area contributed by atoms with E-state index in [1.165, 1.54) is 5.56 Å². The first-order valence-corrected chi connectivity index (χ1v) is 8.99. The number of carbonyl (C=O) groups is 1. The predicted octanol–water partition coefficient (Wildman–Crippen LogP) is 4.64. The zero-order chi connectivity index (χ0) is 19.4. The third kappa shape index (κ3) is 4.50. The maximum Gasteiger partial charge on any atom is 0.270 e. The Balaban J connectivity index is 1.80. The SMILES string of the molecule is Cc1nc(Nc2cccc(C)c2C)cc(C(=O)NC(C)c2ccccc2)n1. The van der Waals surface area contributed by atoms with E-state index in [0.717, 1.165) is 16.8 Å². The highest BCUT2D eigenvalue weighted by molar-refractivity contribution is 5.93. The second kappa shape index (κ2) is 7.99. The zero-order valence-corrected chi connectivity index (χ0v) is 16.1. The van der Waals surface area contributed by atoms with E-state index in [2.05, 4.69) is 40.5 Å². The quantitative estimate of drug-likeness (QED) is 0.696. The van der Waals surface area contributed by atoms with Gasteiger partial charge in [0.1, 0.15) is 17.3 Å². The van der Waals surface area contributed by atoms with Gasteiger partial charge in [0.05, 0.1) is 6.04 Å². The molecule has 0 spiro atoms. The van der Waals surface area contributed by atoms with E-state index in [4.69, 9.17) is 0 Å². The molecule has 3 rings (SSSR count). The number of rotatable bonds is 5. The van der Waals surface area contributed by atoms with E-state index in [9.17, 15) is 4.79 Å². The monoisotopic (exact) mass is 360 g/mol. The average Bonchev–Trinajstić information content (AvgIpc) is 2.65. The first-order chi connectivity index (χ1) is 12.9. The summed E-state index contributed by atoms with van der Waals surface area (Å²) in [5.74, 6) is 0.928. The van der Waals surface area contributed by atoms with Crippen molar-refractivity contribution in [2.24, 2.45) is 0 Å². The van der Waals surface area contributed by atoms with Crippen LogP contribution in [0.15, 0.2) is 54.6 Å². The summed E-state index contributed by atoms with van der Waals surface area (Å²) in [6.07, 6.45) is 0. The molecule has 1 heterocycles. The lowest BCUT2D eigenvalue weighted by Gasteiger charge is -2.15. The maximum atomic E-state index is 12.7. The number of hydrogen-bond acceptors (Lipinski definition) is 4. The number of nitrogens with one attached hydrogen (secondary N) is 2. The molecule has 5 nitrogen and oxygen atoms in total. The number of aromatic nitrogens is 2. The third-order valence-corrected chi connectivity index (χ3v) is 4.59. The number of carbonyl (C=O) groups excluding carboxylic acids is 1. The van der Waals surface area contributed by atoms with Crippen molar-refractivity contribution in [2.75, 3.05) is 5.32 Å². The Morgan fingerprint density at radius 1 is 0.963 bits per heavy atom. The first-order valence-electron chi connectivity index (χ1n) is 8.99. The number of benzene rings is 2. The van der Waals surface area contributed by atoms with Crippen LogP contribution in [0.5, 0.6) is 0 Å². The highest BCUT2D eigenvalue weighted by Crippen LogP contribution is 2.22. The van der Waals surface area contributed by atoms with Crippen molar-refractivity contribution in [2.45, 2.75) is 33.7 Å². The van der Waals surface area contributed by atoms with Crippen LogP contribution >= 0.6 is 0 Å². The Kier molecular flexibility index (Phi) is 5.50. The zero-order valence-electron chi connectivity index (χ0n) is 16.1. The van der Waals surface area contributed by atoms with Crippen LogP contribution in [0.25, 0.3) is 0 Å². The summed E-state index contributed by atoms with van der Waals surface area (Å²) in [6, 6.07) is 17.5. The molecule has 1 amide bonds. The van der Waals surface area contributed by atoms with Gasteiger partial charge in [0.25, 0.3) is 5.91 Å². The largest absolute Gasteiger partial charge is 0.344 e. The fraction of sp³-hybridized carbons (Fsp3) is 0.227. The smallest absolute Gasteiger partial charge is 0.270 e. The second-order valence-electron chi connectivity index (χ2n) is 6.66. The Bertz CT molecular complexity index is 954. The fourth-order valence-corrected chi connectivity index (χ4v) is 2.87. The van der Waals surface area contributed by atoms with Gasteiger partial charge >= 0.3 is 0 Å². The van der Waals surface area contributed by atoms with Crippen LogP contribution in [0.4, 0.5) is 11.5 Å². The summed E-state index contributed by atoms with van der Waals surface area (Å²) in [5.41, 5.74) is 4.71. The summed E-state index contributed by atoms with van der Waals surface area (Å²) in [7, 11) is 0. The molecule has 0 bridgehead atoms. The number of hydrogen-bond donors (Lipinski definition) is 2. The van der Waals surface area contributed by atoms with Crippen LogP contribution in [-0.4, -0.2) is 15.9 Å². The number of anilines is 2.